The van der Waals surface area contributed by atoms with Gasteiger partial charge in [0, 0.05) is 38.6 Å². The van der Waals surface area contributed by atoms with Crippen LogP contribution < -0.4 is 0 Å². The van der Waals surface area contributed by atoms with Crippen LogP contribution in [0.3, 0.4) is 0 Å². The highest BCUT2D eigenvalue weighted by molar-refractivity contribution is 5.79. The minimum atomic E-state index is 0.197. The van der Waals surface area contributed by atoms with Crippen LogP contribution in [0.1, 0.15) is 57.8 Å². The van der Waals surface area contributed by atoms with Crippen molar-refractivity contribution in [1.29, 1.82) is 0 Å². The number of piperidine rings is 1. The number of likely N-dealkylation sites (tertiary alicyclic amines) is 1. The average Bonchev–Trinajstić information content (AvgIpc) is 2.40. The summed E-state index contributed by atoms with van der Waals surface area (Å²) >= 11 is 0. The Bertz CT molecular complexity index is 294. The molecule has 0 amide bonds. The van der Waals surface area contributed by atoms with Crippen molar-refractivity contribution in [1.82, 2.24) is 4.90 Å². The van der Waals surface area contributed by atoms with E-state index in [-0.39, 0.29) is 5.60 Å². The van der Waals surface area contributed by atoms with E-state index in [0.717, 1.165) is 39.0 Å². The van der Waals surface area contributed by atoms with E-state index in [0.29, 0.717) is 11.8 Å². The summed E-state index contributed by atoms with van der Waals surface area (Å²) in [7, 11) is 0. The Labute approximate surface area is 110 Å². The number of rotatable bonds is 1. The van der Waals surface area contributed by atoms with Crippen LogP contribution in [0.5, 0.6) is 0 Å². The van der Waals surface area contributed by atoms with Gasteiger partial charge in [0.15, 0.2) is 0 Å². The second kappa shape index (κ2) is 5.30. The molecule has 2 saturated heterocycles. The van der Waals surface area contributed by atoms with Crippen molar-refractivity contribution in [2.24, 2.45) is 0 Å². The first-order valence-electron chi connectivity index (χ1n) is 7.67. The maximum atomic E-state index is 11.3. The standard InChI is InChI=1S/C15H25NO2/c17-14-4-9-16(10-5-14)13-6-11-18-15(12-13)7-2-1-3-8-15/h13H,1-12H2. The summed E-state index contributed by atoms with van der Waals surface area (Å²) in [5.74, 6) is 0.450. The van der Waals surface area contributed by atoms with E-state index in [4.69, 9.17) is 4.74 Å². The molecule has 0 radical (unpaired) electrons. The van der Waals surface area contributed by atoms with Gasteiger partial charge in [-0.2, -0.15) is 0 Å². The maximum absolute atomic E-state index is 11.3. The van der Waals surface area contributed by atoms with Crippen molar-refractivity contribution in [3.8, 4) is 0 Å². The lowest BCUT2D eigenvalue weighted by Gasteiger charge is -2.47. The molecule has 102 valence electrons. The Balaban J connectivity index is 1.61. The van der Waals surface area contributed by atoms with Gasteiger partial charge in [0.2, 0.25) is 0 Å². The molecule has 0 bridgehead atoms. The quantitative estimate of drug-likeness (QED) is 0.717. The largest absolute Gasteiger partial charge is 0.375 e. The lowest BCUT2D eigenvalue weighted by Crippen LogP contribution is -2.51. The van der Waals surface area contributed by atoms with Crippen molar-refractivity contribution in [3.05, 3.63) is 0 Å². The summed E-state index contributed by atoms with van der Waals surface area (Å²) in [6, 6.07) is 0.671. The smallest absolute Gasteiger partial charge is 0.135 e. The third kappa shape index (κ3) is 2.62. The fourth-order valence-electron chi connectivity index (χ4n) is 4.00. The molecule has 18 heavy (non-hydrogen) atoms. The molecule has 0 aromatic heterocycles. The maximum Gasteiger partial charge on any atom is 0.135 e. The first-order valence-corrected chi connectivity index (χ1v) is 7.67. The van der Waals surface area contributed by atoms with Crippen molar-refractivity contribution >= 4 is 5.78 Å². The second-order valence-electron chi connectivity index (χ2n) is 6.31. The Hall–Kier alpha value is -0.410. The van der Waals surface area contributed by atoms with E-state index >= 15 is 0 Å². The van der Waals surface area contributed by atoms with Crippen LogP contribution in [0.4, 0.5) is 0 Å². The van der Waals surface area contributed by atoms with Crippen LogP contribution in [0, 0.1) is 0 Å². The molecule has 3 aliphatic rings. The highest BCUT2D eigenvalue weighted by Crippen LogP contribution is 2.40. The van der Waals surface area contributed by atoms with Gasteiger partial charge < -0.3 is 4.74 Å². The van der Waals surface area contributed by atoms with Crippen LogP contribution >= 0.6 is 0 Å². The average molecular weight is 251 g/mol. The van der Waals surface area contributed by atoms with Crippen molar-refractivity contribution in [3.63, 3.8) is 0 Å². The molecule has 0 N–H and O–H groups in total. The molecule has 3 fully saturated rings. The van der Waals surface area contributed by atoms with E-state index in [2.05, 4.69) is 4.90 Å². The lowest BCUT2D eigenvalue weighted by molar-refractivity contribution is -0.132. The molecule has 1 spiro atoms. The van der Waals surface area contributed by atoms with Crippen molar-refractivity contribution in [2.45, 2.75) is 69.4 Å². The van der Waals surface area contributed by atoms with Crippen LogP contribution in [0.15, 0.2) is 0 Å². The Morgan fingerprint density at radius 2 is 1.83 bits per heavy atom. The van der Waals surface area contributed by atoms with Gasteiger partial charge >= 0.3 is 0 Å². The topological polar surface area (TPSA) is 29.5 Å². The third-order valence-electron chi connectivity index (χ3n) is 5.10. The Morgan fingerprint density at radius 1 is 1.11 bits per heavy atom. The minimum Gasteiger partial charge on any atom is -0.375 e. The number of nitrogens with zero attached hydrogens (tertiary/aromatic N) is 1. The van der Waals surface area contributed by atoms with Gasteiger partial charge in [-0.25, -0.2) is 0 Å². The zero-order valence-electron chi connectivity index (χ0n) is 11.3. The van der Waals surface area contributed by atoms with E-state index in [1.807, 2.05) is 0 Å². The number of carbonyl (C=O) groups is 1. The van der Waals surface area contributed by atoms with Gasteiger partial charge in [-0.3, -0.25) is 9.69 Å². The molecule has 2 aliphatic heterocycles. The first kappa shape index (κ1) is 12.6. The van der Waals surface area contributed by atoms with Gasteiger partial charge in [0.1, 0.15) is 5.78 Å². The monoisotopic (exact) mass is 251 g/mol. The van der Waals surface area contributed by atoms with E-state index in [9.17, 15) is 4.79 Å². The molecule has 1 aliphatic carbocycles. The molecule has 1 saturated carbocycles. The zero-order chi connectivity index (χ0) is 12.4. The summed E-state index contributed by atoms with van der Waals surface area (Å²) in [5, 5.41) is 0. The summed E-state index contributed by atoms with van der Waals surface area (Å²) in [4.78, 5) is 13.9. The number of hydrogen-bond acceptors (Lipinski definition) is 3. The summed E-state index contributed by atoms with van der Waals surface area (Å²) in [5.41, 5.74) is 0.197. The van der Waals surface area contributed by atoms with E-state index in [1.54, 1.807) is 0 Å². The molecule has 3 heteroatoms. The summed E-state index contributed by atoms with van der Waals surface area (Å²) < 4.78 is 6.15. The number of Topliss-reactive ketones (excluding diaryl/α,β-unsaturated/α-hetero) is 1. The molecule has 2 heterocycles. The number of ether oxygens (including phenoxy) is 1. The molecule has 1 atom stereocenters. The summed E-state index contributed by atoms with van der Waals surface area (Å²) in [6.07, 6.45) is 10.5. The first-order chi connectivity index (χ1) is 8.77. The Morgan fingerprint density at radius 3 is 2.56 bits per heavy atom. The molecule has 0 aromatic carbocycles. The fourth-order valence-corrected chi connectivity index (χ4v) is 4.00. The van der Waals surface area contributed by atoms with E-state index in [1.165, 1.54) is 38.5 Å². The zero-order valence-corrected chi connectivity index (χ0v) is 11.3. The molecule has 0 aromatic rings. The van der Waals surface area contributed by atoms with Crippen molar-refractivity contribution < 1.29 is 9.53 Å². The molecule has 3 nitrogen and oxygen atoms in total. The minimum absolute atomic E-state index is 0.197. The molecule has 1 unspecified atom stereocenters. The van der Waals surface area contributed by atoms with Gasteiger partial charge in [0.25, 0.3) is 0 Å². The van der Waals surface area contributed by atoms with Gasteiger partial charge in [-0.05, 0) is 25.7 Å². The van der Waals surface area contributed by atoms with Crippen LogP contribution in [-0.2, 0) is 9.53 Å². The predicted octanol–water partition coefficient (Wildman–Crippen LogP) is 2.53. The highest BCUT2D eigenvalue weighted by Gasteiger charge is 2.40. The van der Waals surface area contributed by atoms with Gasteiger partial charge in [-0.15, -0.1) is 0 Å². The molecular formula is C15H25NO2. The van der Waals surface area contributed by atoms with Gasteiger partial charge in [0.05, 0.1) is 5.60 Å². The van der Waals surface area contributed by atoms with Crippen molar-refractivity contribution in [2.75, 3.05) is 19.7 Å². The lowest BCUT2D eigenvalue weighted by atomic mass is 9.77. The number of hydrogen-bond donors (Lipinski definition) is 0. The number of carbonyl (C=O) groups excluding carboxylic acids is 1. The van der Waals surface area contributed by atoms with Crippen LogP contribution in [0.25, 0.3) is 0 Å². The van der Waals surface area contributed by atoms with E-state index < -0.39 is 0 Å². The SMILES string of the molecule is O=C1CCN(C2CCOC3(CCCCC3)C2)CC1. The molecule has 3 rings (SSSR count). The third-order valence-corrected chi connectivity index (χ3v) is 5.10. The highest BCUT2D eigenvalue weighted by atomic mass is 16.5. The van der Waals surface area contributed by atoms with Gasteiger partial charge in [-0.1, -0.05) is 19.3 Å². The summed E-state index contributed by atoms with van der Waals surface area (Å²) in [6.45, 7) is 2.90. The second-order valence-corrected chi connectivity index (χ2v) is 6.31. The van der Waals surface area contributed by atoms with Crippen LogP contribution in [-0.4, -0.2) is 42.0 Å². The predicted molar refractivity (Wildman–Crippen MR) is 70.6 cm³/mol. The normalized spacial score (nSPS) is 33.8. The Kier molecular flexibility index (Phi) is 3.71. The number of ketones is 1. The van der Waals surface area contributed by atoms with Crippen LogP contribution in [0.2, 0.25) is 0 Å². The fraction of sp³-hybridized carbons (Fsp3) is 0.933. The molecular weight excluding hydrogens is 226 g/mol.